The van der Waals surface area contributed by atoms with E-state index < -0.39 is 0 Å². The van der Waals surface area contributed by atoms with E-state index in [0.29, 0.717) is 11.8 Å². The highest BCUT2D eigenvalue weighted by Gasteiger charge is 2.16. The molecule has 0 saturated heterocycles. The first-order chi connectivity index (χ1) is 12.7. The van der Waals surface area contributed by atoms with Crippen molar-refractivity contribution in [1.82, 2.24) is 19.6 Å². The number of benzene rings is 2. The third-order valence-corrected chi connectivity index (χ3v) is 4.50. The Kier molecular flexibility index (Phi) is 3.18. The van der Waals surface area contributed by atoms with Crippen LogP contribution in [-0.4, -0.2) is 19.6 Å². The third kappa shape index (κ3) is 2.30. The fraction of sp³-hybridized carbons (Fsp3) is 0.150. The smallest absolute Gasteiger partial charge is 0.227 e. The number of para-hydroxylation sites is 2. The van der Waals surface area contributed by atoms with Crippen molar-refractivity contribution in [3.8, 4) is 0 Å². The van der Waals surface area contributed by atoms with Crippen molar-refractivity contribution >= 4 is 33.5 Å². The van der Waals surface area contributed by atoms with Crippen LogP contribution in [-0.2, 0) is 0 Å². The normalized spacial score (nSPS) is 12.8. The molecule has 0 aliphatic carbocycles. The molecule has 1 atom stereocenters. The monoisotopic (exact) mass is 343 g/mol. The van der Waals surface area contributed by atoms with Crippen LogP contribution in [0.5, 0.6) is 0 Å². The van der Waals surface area contributed by atoms with E-state index in [-0.39, 0.29) is 6.04 Å². The van der Waals surface area contributed by atoms with Gasteiger partial charge in [-0.3, -0.25) is 0 Å². The van der Waals surface area contributed by atoms with Crippen LogP contribution in [0.1, 0.15) is 24.6 Å². The number of aromatic nitrogens is 4. The summed E-state index contributed by atoms with van der Waals surface area (Å²) < 4.78 is 7.73. The lowest BCUT2D eigenvalue weighted by molar-refractivity contribution is 0.524. The van der Waals surface area contributed by atoms with Crippen LogP contribution >= 0.6 is 0 Å². The van der Waals surface area contributed by atoms with Crippen molar-refractivity contribution in [1.29, 1.82) is 0 Å². The number of anilines is 1. The van der Waals surface area contributed by atoms with E-state index in [9.17, 15) is 0 Å². The molecule has 3 heterocycles. The number of hydrogen-bond acceptors (Lipinski definition) is 5. The van der Waals surface area contributed by atoms with Gasteiger partial charge in [0.15, 0.2) is 5.65 Å². The van der Waals surface area contributed by atoms with Gasteiger partial charge in [0.05, 0.1) is 11.6 Å². The summed E-state index contributed by atoms with van der Waals surface area (Å²) in [5, 5.41) is 9.99. The molecule has 1 N–H and O–H groups in total. The van der Waals surface area contributed by atoms with E-state index in [1.165, 1.54) is 0 Å². The number of aryl methyl sites for hydroxylation is 1. The molecule has 5 aromatic rings. The molecular weight excluding hydrogens is 326 g/mol. The lowest BCUT2D eigenvalue weighted by Gasteiger charge is -2.13. The van der Waals surface area contributed by atoms with Crippen LogP contribution < -0.4 is 5.32 Å². The molecule has 0 bridgehead atoms. The topological polar surface area (TPSA) is 68.2 Å². The van der Waals surface area contributed by atoms with Crippen LogP contribution in [0.4, 0.5) is 5.95 Å². The molecule has 1 unspecified atom stereocenters. The molecule has 5 rings (SSSR count). The maximum atomic E-state index is 5.97. The molecule has 0 saturated carbocycles. The Morgan fingerprint density at radius 1 is 1.04 bits per heavy atom. The van der Waals surface area contributed by atoms with Gasteiger partial charge in [0.2, 0.25) is 5.95 Å². The maximum Gasteiger partial charge on any atom is 0.227 e. The average molecular weight is 343 g/mol. The van der Waals surface area contributed by atoms with Crippen molar-refractivity contribution < 1.29 is 4.42 Å². The average Bonchev–Trinajstić information content (AvgIpc) is 3.25. The van der Waals surface area contributed by atoms with E-state index >= 15 is 0 Å². The van der Waals surface area contributed by atoms with Crippen molar-refractivity contribution in [3.63, 3.8) is 0 Å². The Morgan fingerprint density at radius 3 is 2.73 bits per heavy atom. The van der Waals surface area contributed by atoms with Crippen LogP contribution in [0.25, 0.3) is 27.5 Å². The molecule has 26 heavy (non-hydrogen) atoms. The molecule has 6 heteroatoms. The molecular formula is C20H17N5O. The molecule has 0 aliphatic rings. The minimum absolute atomic E-state index is 0.0660. The van der Waals surface area contributed by atoms with E-state index in [0.717, 1.165) is 33.3 Å². The zero-order valence-electron chi connectivity index (χ0n) is 14.5. The first-order valence-corrected chi connectivity index (χ1v) is 8.56. The van der Waals surface area contributed by atoms with E-state index in [4.69, 9.17) is 9.40 Å². The van der Waals surface area contributed by atoms with Gasteiger partial charge in [-0.25, -0.2) is 9.97 Å². The lowest BCUT2D eigenvalue weighted by Crippen LogP contribution is -2.12. The standard InChI is InChI=1S/C20H17N5O/c1-12(18-11-14-7-3-6-10-17(14)26-18)21-20-23-16-9-5-4-8-15(16)19-22-13(2)24-25(19)20/h3-12H,1-2H3,(H,21,23). The quantitative estimate of drug-likeness (QED) is 0.522. The summed E-state index contributed by atoms with van der Waals surface area (Å²) in [6.07, 6.45) is 0. The highest BCUT2D eigenvalue weighted by atomic mass is 16.3. The Hall–Kier alpha value is -3.41. The zero-order valence-corrected chi connectivity index (χ0v) is 14.5. The van der Waals surface area contributed by atoms with Crippen LogP contribution in [0.3, 0.4) is 0 Å². The van der Waals surface area contributed by atoms with Crippen LogP contribution in [0.2, 0.25) is 0 Å². The minimum atomic E-state index is -0.0660. The van der Waals surface area contributed by atoms with Gasteiger partial charge < -0.3 is 9.73 Å². The fourth-order valence-electron chi connectivity index (χ4n) is 3.23. The van der Waals surface area contributed by atoms with Crippen molar-refractivity contribution in [3.05, 3.63) is 66.2 Å². The van der Waals surface area contributed by atoms with Gasteiger partial charge in [-0.2, -0.15) is 4.52 Å². The second kappa shape index (κ2) is 5.56. The Balaban J connectivity index is 1.61. The van der Waals surface area contributed by atoms with Crippen LogP contribution in [0, 0.1) is 6.92 Å². The predicted octanol–water partition coefficient (Wildman–Crippen LogP) is 4.51. The molecule has 0 spiro atoms. The van der Waals surface area contributed by atoms with Crippen molar-refractivity contribution in [2.75, 3.05) is 5.32 Å². The molecule has 2 aromatic carbocycles. The summed E-state index contributed by atoms with van der Waals surface area (Å²) in [4.78, 5) is 9.31. The third-order valence-electron chi connectivity index (χ3n) is 4.50. The van der Waals surface area contributed by atoms with Crippen molar-refractivity contribution in [2.24, 2.45) is 0 Å². The summed E-state index contributed by atoms with van der Waals surface area (Å²) in [5.41, 5.74) is 2.56. The molecule has 0 fully saturated rings. The number of nitrogens with one attached hydrogen (secondary N) is 1. The number of hydrogen-bond donors (Lipinski definition) is 1. The van der Waals surface area contributed by atoms with Gasteiger partial charge in [-0.15, -0.1) is 5.10 Å². The molecule has 128 valence electrons. The highest BCUT2D eigenvalue weighted by molar-refractivity contribution is 5.92. The summed E-state index contributed by atoms with van der Waals surface area (Å²) in [5.74, 6) is 2.21. The van der Waals surface area contributed by atoms with Crippen LogP contribution in [0.15, 0.2) is 59.0 Å². The summed E-state index contributed by atoms with van der Waals surface area (Å²) >= 11 is 0. The molecule has 0 radical (unpaired) electrons. The van der Waals surface area contributed by atoms with Gasteiger partial charge in [0, 0.05) is 10.8 Å². The number of nitrogens with zero attached hydrogens (tertiary/aromatic N) is 4. The molecule has 6 nitrogen and oxygen atoms in total. The highest BCUT2D eigenvalue weighted by Crippen LogP contribution is 2.27. The second-order valence-corrected chi connectivity index (χ2v) is 6.40. The van der Waals surface area contributed by atoms with Gasteiger partial charge in [-0.1, -0.05) is 30.3 Å². The first kappa shape index (κ1) is 14.9. The van der Waals surface area contributed by atoms with E-state index in [1.807, 2.05) is 62.4 Å². The van der Waals surface area contributed by atoms with E-state index in [2.05, 4.69) is 21.5 Å². The SMILES string of the molecule is Cc1nc2c3ccccc3nc(NC(C)c3cc4ccccc4o3)n2n1. The Bertz CT molecular complexity index is 1220. The summed E-state index contributed by atoms with van der Waals surface area (Å²) in [7, 11) is 0. The predicted molar refractivity (Wildman–Crippen MR) is 101 cm³/mol. The minimum Gasteiger partial charge on any atom is -0.459 e. The number of rotatable bonds is 3. The van der Waals surface area contributed by atoms with Gasteiger partial charge in [0.1, 0.15) is 17.2 Å². The Labute approximate surface area is 149 Å². The number of fused-ring (bicyclic) bond motifs is 4. The van der Waals surface area contributed by atoms with Gasteiger partial charge in [-0.05, 0) is 38.1 Å². The molecule has 0 amide bonds. The summed E-state index contributed by atoms with van der Waals surface area (Å²) in [6.45, 7) is 3.93. The zero-order chi connectivity index (χ0) is 17.7. The summed E-state index contributed by atoms with van der Waals surface area (Å²) in [6, 6.07) is 17.9. The molecule has 3 aromatic heterocycles. The van der Waals surface area contributed by atoms with Crippen molar-refractivity contribution in [2.45, 2.75) is 19.9 Å². The fourth-order valence-corrected chi connectivity index (χ4v) is 3.23. The van der Waals surface area contributed by atoms with Gasteiger partial charge >= 0.3 is 0 Å². The maximum absolute atomic E-state index is 5.97. The Morgan fingerprint density at radius 2 is 1.85 bits per heavy atom. The first-order valence-electron chi connectivity index (χ1n) is 8.56. The molecule has 0 aliphatic heterocycles. The largest absolute Gasteiger partial charge is 0.459 e. The van der Waals surface area contributed by atoms with Gasteiger partial charge in [0.25, 0.3) is 0 Å². The van der Waals surface area contributed by atoms with E-state index in [1.54, 1.807) is 4.52 Å². The number of furan rings is 1. The second-order valence-electron chi connectivity index (χ2n) is 6.40. The lowest BCUT2D eigenvalue weighted by atomic mass is 10.2.